The van der Waals surface area contributed by atoms with Gasteiger partial charge in [0, 0.05) is 23.2 Å². The predicted octanol–water partition coefficient (Wildman–Crippen LogP) is 2.76. The third-order valence-corrected chi connectivity index (χ3v) is 4.46. The fourth-order valence-corrected chi connectivity index (χ4v) is 2.82. The zero-order chi connectivity index (χ0) is 17.7. The molecule has 0 radical (unpaired) electrons. The molecule has 0 aromatic heterocycles. The van der Waals surface area contributed by atoms with E-state index < -0.39 is 6.04 Å². The highest BCUT2D eigenvalue weighted by Crippen LogP contribution is 2.32. The van der Waals surface area contributed by atoms with Crippen LogP contribution in [0.4, 0.5) is 0 Å². The summed E-state index contributed by atoms with van der Waals surface area (Å²) in [4.78, 5) is 25.0. The van der Waals surface area contributed by atoms with E-state index in [2.05, 4.69) is 10.6 Å². The maximum Gasteiger partial charge on any atom is 0.251 e. The third-order valence-electron chi connectivity index (χ3n) is 4.21. The number of nitrogens with one attached hydrogen (secondary N) is 2. The lowest BCUT2D eigenvalue weighted by Crippen LogP contribution is -2.52. The summed E-state index contributed by atoms with van der Waals surface area (Å²) in [6, 6.07) is 6.04. The van der Waals surface area contributed by atoms with E-state index in [0.717, 1.165) is 12.8 Å². The van der Waals surface area contributed by atoms with Crippen molar-refractivity contribution in [1.82, 2.24) is 10.6 Å². The summed E-state index contributed by atoms with van der Waals surface area (Å²) in [5.74, 6) is 0.325. The molecule has 140 valence electrons. The second-order valence-corrected chi connectivity index (χ2v) is 7.29. The lowest BCUT2D eigenvalue weighted by Gasteiger charge is -2.24. The molecule has 4 N–H and O–H groups in total. The molecule has 0 bridgehead atoms. The van der Waals surface area contributed by atoms with E-state index in [1.54, 1.807) is 24.3 Å². The smallest absolute Gasteiger partial charge is 0.251 e. The Hall–Kier alpha value is -1.30. The first-order chi connectivity index (χ1) is 11.4. The Kier molecular flexibility index (Phi) is 8.69. The van der Waals surface area contributed by atoms with Crippen LogP contribution in [-0.2, 0) is 4.79 Å². The maximum atomic E-state index is 12.6. The zero-order valence-corrected chi connectivity index (χ0v) is 16.2. The van der Waals surface area contributed by atoms with E-state index in [9.17, 15) is 9.59 Å². The van der Waals surface area contributed by atoms with Gasteiger partial charge in [-0.05, 0) is 55.4 Å². The monoisotopic (exact) mass is 387 g/mol. The zero-order valence-electron chi connectivity index (χ0n) is 14.6. The maximum absolute atomic E-state index is 12.6. The van der Waals surface area contributed by atoms with E-state index in [0.29, 0.717) is 29.5 Å². The standard InChI is InChI=1S/C18H26ClN3O2.ClH/c1-11(2)9-15(18(24)22-16(10-20)12-3-4-12)21-17(23)13-5-7-14(19)8-6-13;/h5-8,11-12,15-16H,3-4,9-10,20H2,1-2H3,(H,21,23)(H,22,24);1H. The molecular weight excluding hydrogens is 361 g/mol. The lowest BCUT2D eigenvalue weighted by molar-refractivity contribution is -0.124. The summed E-state index contributed by atoms with van der Waals surface area (Å²) in [6.07, 6.45) is 2.79. The largest absolute Gasteiger partial charge is 0.350 e. The molecule has 1 aliphatic carbocycles. The molecule has 1 fully saturated rings. The van der Waals surface area contributed by atoms with Crippen molar-refractivity contribution in [3.05, 3.63) is 34.9 Å². The number of carbonyl (C=O) groups excluding carboxylic acids is 2. The summed E-state index contributed by atoms with van der Waals surface area (Å²) in [5, 5.41) is 6.41. The van der Waals surface area contributed by atoms with E-state index in [1.165, 1.54) is 0 Å². The Morgan fingerprint density at radius 1 is 1.20 bits per heavy atom. The van der Waals surface area contributed by atoms with Crippen LogP contribution in [0.5, 0.6) is 0 Å². The first-order valence-electron chi connectivity index (χ1n) is 8.47. The number of nitrogens with two attached hydrogens (primary N) is 1. The molecule has 1 aromatic carbocycles. The lowest BCUT2D eigenvalue weighted by atomic mass is 10.0. The van der Waals surface area contributed by atoms with Gasteiger partial charge in [-0.2, -0.15) is 0 Å². The van der Waals surface area contributed by atoms with Crippen LogP contribution in [0, 0.1) is 11.8 Å². The van der Waals surface area contributed by atoms with E-state index in [1.807, 2.05) is 13.8 Å². The summed E-state index contributed by atoms with van der Waals surface area (Å²) >= 11 is 5.84. The van der Waals surface area contributed by atoms with Crippen LogP contribution in [0.15, 0.2) is 24.3 Å². The summed E-state index contributed by atoms with van der Waals surface area (Å²) in [5.41, 5.74) is 6.24. The Bertz CT molecular complexity index is 574. The van der Waals surface area contributed by atoms with Gasteiger partial charge in [0.25, 0.3) is 5.91 Å². The van der Waals surface area contributed by atoms with Gasteiger partial charge in [0.2, 0.25) is 5.91 Å². The number of benzene rings is 1. The number of halogens is 2. The number of hydrogen-bond donors (Lipinski definition) is 3. The highest BCUT2D eigenvalue weighted by molar-refractivity contribution is 6.30. The third kappa shape index (κ3) is 6.84. The molecule has 2 unspecified atom stereocenters. The van der Waals surface area contributed by atoms with E-state index in [-0.39, 0.29) is 36.2 Å². The number of amides is 2. The fraction of sp³-hybridized carbons (Fsp3) is 0.556. The van der Waals surface area contributed by atoms with Crippen LogP contribution in [0.1, 0.15) is 43.5 Å². The Morgan fingerprint density at radius 3 is 2.28 bits per heavy atom. The Balaban J connectivity index is 0.00000312. The van der Waals surface area contributed by atoms with Crippen LogP contribution in [0.2, 0.25) is 5.02 Å². The topological polar surface area (TPSA) is 84.2 Å². The average molecular weight is 388 g/mol. The normalized spacial score (nSPS) is 15.9. The van der Waals surface area contributed by atoms with Crippen molar-refractivity contribution >= 4 is 35.8 Å². The minimum absolute atomic E-state index is 0. The van der Waals surface area contributed by atoms with Crippen LogP contribution in [-0.4, -0.2) is 30.4 Å². The molecule has 2 amide bonds. The van der Waals surface area contributed by atoms with Crippen molar-refractivity contribution in [3.8, 4) is 0 Å². The number of hydrogen-bond acceptors (Lipinski definition) is 3. The van der Waals surface area contributed by atoms with Gasteiger partial charge in [-0.25, -0.2) is 0 Å². The van der Waals surface area contributed by atoms with Crippen LogP contribution >= 0.6 is 24.0 Å². The van der Waals surface area contributed by atoms with Gasteiger partial charge < -0.3 is 16.4 Å². The minimum Gasteiger partial charge on any atom is -0.350 e. The molecule has 0 spiro atoms. The average Bonchev–Trinajstić information content (AvgIpc) is 3.36. The molecule has 7 heteroatoms. The number of carbonyl (C=O) groups is 2. The molecule has 0 aliphatic heterocycles. The van der Waals surface area contributed by atoms with E-state index in [4.69, 9.17) is 17.3 Å². The van der Waals surface area contributed by atoms with Crippen LogP contribution in [0.25, 0.3) is 0 Å². The Labute approximate surface area is 160 Å². The molecular formula is C18H27Cl2N3O2. The van der Waals surface area contributed by atoms with Gasteiger partial charge in [0.15, 0.2) is 0 Å². The second-order valence-electron chi connectivity index (χ2n) is 6.85. The molecule has 2 rings (SSSR count). The highest BCUT2D eigenvalue weighted by Gasteiger charge is 2.33. The van der Waals surface area contributed by atoms with Crippen molar-refractivity contribution in [2.75, 3.05) is 6.54 Å². The minimum atomic E-state index is -0.569. The first kappa shape index (κ1) is 21.7. The predicted molar refractivity (Wildman–Crippen MR) is 103 cm³/mol. The SMILES string of the molecule is CC(C)CC(NC(=O)c1ccc(Cl)cc1)C(=O)NC(CN)C1CC1.Cl. The molecule has 1 saturated carbocycles. The van der Waals surface area contributed by atoms with Gasteiger partial charge in [0.05, 0.1) is 0 Å². The van der Waals surface area contributed by atoms with Gasteiger partial charge in [-0.1, -0.05) is 25.4 Å². The molecule has 0 saturated heterocycles. The van der Waals surface area contributed by atoms with Crippen LogP contribution < -0.4 is 16.4 Å². The van der Waals surface area contributed by atoms with Crippen molar-refractivity contribution in [2.45, 2.75) is 45.2 Å². The van der Waals surface area contributed by atoms with Gasteiger partial charge in [-0.15, -0.1) is 12.4 Å². The molecule has 0 heterocycles. The second kappa shape index (κ2) is 10.00. The molecule has 1 aromatic rings. The fourth-order valence-electron chi connectivity index (χ4n) is 2.70. The van der Waals surface area contributed by atoms with Crippen molar-refractivity contribution in [2.24, 2.45) is 17.6 Å². The number of rotatable bonds is 8. The van der Waals surface area contributed by atoms with Crippen LogP contribution in [0.3, 0.4) is 0 Å². The molecule has 2 atom stereocenters. The molecule has 5 nitrogen and oxygen atoms in total. The summed E-state index contributed by atoms with van der Waals surface area (Å²) in [7, 11) is 0. The van der Waals surface area contributed by atoms with Gasteiger partial charge >= 0.3 is 0 Å². The van der Waals surface area contributed by atoms with Crippen molar-refractivity contribution in [1.29, 1.82) is 0 Å². The molecule has 25 heavy (non-hydrogen) atoms. The van der Waals surface area contributed by atoms with Gasteiger partial charge in [0.1, 0.15) is 6.04 Å². The first-order valence-corrected chi connectivity index (χ1v) is 8.85. The molecule has 1 aliphatic rings. The summed E-state index contributed by atoms with van der Waals surface area (Å²) in [6.45, 7) is 4.47. The Morgan fingerprint density at radius 2 is 1.80 bits per heavy atom. The van der Waals surface area contributed by atoms with Crippen molar-refractivity contribution < 1.29 is 9.59 Å². The quantitative estimate of drug-likeness (QED) is 0.640. The van der Waals surface area contributed by atoms with E-state index >= 15 is 0 Å². The van der Waals surface area contributed by atoms with Gasteiger partial charge in [-0.3, -0.25) is 9.59 Å². The summed E-state index contributed by atoms with van der Waals surface area (Å²) < 4.78 is 0. The highest BCUT2D eigenvalue weighted by atomic mass is 35.5. The van der Waals surface area contributed by atoms with Crippen molar-refractivity contribution in [3.63, 3.8) is 0 Å².